The first-order valence-electron chi connectivity index (χ1n) is 14.8. The van der Waals surface area contributed by atoms with Gasteiger partial charge in [-0.05, 0) is 101 Å². The largest absolute Gasteiger partial charge is 0.456 e. The van der Waals surface area contributed by atoms with Crippen LogP contribution in [0.5, 0.6) is 11.5 Å². The van der Waals surface area contributed by atoms with E-state index < -0.39 is 0 Å². The van der Waals surface area contributed by atoms with E-state index in [1.807, 2.05) is 0 Å². The zero-order valence-electron chi connectivity index (χ0n) is 23.3. The number of ether oxygens (including phenoxy) is 1. The van der Waals surface area contributed by atoms with E-state index in [-0.39, 0.29) is 0 Å². The van der Waals surface area contributed by atoms with Crippen LogP contribution in [0.25, 0.3) is 87.2 Å². The Morgan fingerprint density at radius 1 is 0.302 bits per heavy atom. The van der Waals surface area contributed by atoms with Gasteiger partial charge < -0.3 is 4.74 Å². The minimum Gasteiger partial charge on any atom is -0.456 e. The fourth-order valence-electron chi connectivity index (χ4n) is 7.41. The van der Waals surface area contributed by atoms with E-state index >= 15 is 0 Å². The third kappa shape index (κ3) is 3.22. The minimum absolute atomic E-state index is 0.909. The van der Waals surface area contributed by atoms with E-state index in [0.717, 1.165) is 17.1 Å². The summed E-state index contributed by atoms with van der Waals surface area (Å²) in [5, 5.41) is 12.8. The summed E-state index contributed by atoms with van der Waals surface area (Å²) in [6.07, 6.45) is 0. The van der Waals surface area contributed by atoms with Crippen LogP contribution in [0.1, 0.15) is 0 Å². The average Bonchev–Trinajstić information content (AvgIpc) is 3.07. The molecule has 198 valence electrons. The molecule has 0 fully saturated rings. The Balaban J connectivity index is 1.14. The number of fused-ring (bicyclic) bond motifs is 3. The first kappa shape index (κ1) is 23.0. The molecule has 0 spiro atoms. The molecular weight excluding hydrogens is 520 g/mol. The highest BCUT2D eigenvalue weighted by Gasteiger charge is 2.20. The molecular formula is C42H24O. The molecule has 0 saturated heterocycles. The van der Waals surface area contributed by atoms with Crippen LogP contribution < -0.4 is 4.74 Å². The van der Waals surface area contributed by atoms with Crippen LogP contribution in [0.3, 0.4) is 0 Å². The third-order valence-corrected chi connectivity index (χ3v) is 9.39. The van der Waals surface area contributed by atoms with E-state index in [1.54, 1.807) is 0 Å². The van der Waals surface area contributed by atoms with Gasteiger partial charge in [-0.2, -0.15) is 0 Å². The lowest BCUT2D eigenvalue weighted by atomic mass is 9.88. The predicted octanol–water partition coefficient (Wildman–Crippen LogP) is 12.0. The highest BCUT2D eigenvalue weighted by molar-refractivity contribution is 6.26. The van der Waals surface area contributed by atoms with Crippen molar-refractivity contribution < 1.29 is 4.74 Å². The monoisotopic (exact) mass is 544 g/mol. The summed E-state index contributed by atoms with van der Waals surface area (Å²) in [7, 11) is 0. The van der Waals surface area contributed by atoms with Crippen molar-refractivity contribution in [2.75, 3.05) is 0 Å². The fraction of sp³-hybridized carbons (Fsp3) is 0. The van der Waals surface area contributed by atoms with Crippen molar-refractivity contribution in [3.8, 4) is 44.9 Å². The van der Waals surface area contributed by atoms with Crippen LogP contribution in [-0.4, -0.2) is 0 Å². The summed E-state index contributed by atoms with van der Waals surface area (Å²) in [6, 6.07) is 53.2. The molecule has 1 aliphatic heterocycles. The summed E-state index contributed by atoms with van der Waals surface area (Å²) < 4.78 is 6.35. The predicted molar refractivity (Wildman–Crippen MR) is 182 cm³/mol. The van der Waals surface area contributed by atoms with Gasteiger partial charge in [0, 0.05) is 10.9 Å². The van der Waals surface area contributed by atoms with E-state index in [9.17, 15) is 0 Å². The molecule has 1 nitrogen and oxygen atoms in total. The van der Waals surface area contributed by atoms with Crippen molar-refractivity contribution in [1.29, 1.82) is 0 Å². The Kier molecular flexibility index (Phi) is 4.51. The Morgan fingerprint density at radius 3 is 1.74 bits per heavy atom. The van der Waals surface area contributed by atoms with Crippen LogP contribution in [0.15, 0.2) is 146 Å². The van der Waals surface area contributed by atoms with Crippen molar-refractivity contribution in [2.24, 2.45) is 0 Å². The number of benzene rings is 9. The van der Waals surface area contributed by atoms with Gasteiger partial charge in [0.1, 0.15) is 11.5 Å². The SMILES string of the molecule is c1cc(-c2ccc3ccc4cccc5ccc2c3c45)c2ccc(-c3ccc4c(c3)-c3cccc5cccc(c35)O4)cc2c1. The fourth-order valence-corrected chi connectivity index (χ4v) is 7.41. The average molecular weight is 545 g/mol. The lowest BCUT2D eigenvalue weighted by molar-refractivity contribution is 0.487. The van der Waals surface area contributed by atoms with Crippen molar-refractivity contribution in [2.45, 2.75) is 0 Å². The van der Waals surface area contributed by atoms with Crippen LogP contribution in [0.4, 0.5) is 0 Å². The van der Waals surface area contributed by atoms with Gasteiger partial charge in [0.2, 0.25) is 0 Å². The molecule has 0 aliphatic carbocycles. The van der Waals surface area contributed by atoms with Gasteiger partial charge in [-0.1, -0.05) is 121 Å². The Hall–Kier alpha value is -5.66. The highest BCUT2D eigenvalue weighted by atomic mass is 16.5. The lowest BCUT2D eigenvalue weighted by Gasteiger charge is -2.22. The summed E-state index contributed by atoms with van der Waals surface area (Å²) >= 11 is 0. The number of hydrogen-bond acceptors (Lipinski definition) is 1. The molecule has 43 heavy (non-hydrogen) atoms. The molecule has 1 aliphatic rings. The standard InChI is InChI=1S/C42H24O/c1-5-26-13-14-28-15-20-34(36-21-16-27(6-1)40(26)42(28)36)33-10-3-9-31-23-29(17-19-32(31)33)30-18-22-38-37(24-30)35-11-2-7-25-8-4-12-39(43-38)41(25)35/h1-24H. The second-order valence-corrected chi connectivity index (χ2v) is 11.7. The van der Waals surface area contributed by atoms with Crippen molar-refractivity contribution >= 4 is 53.9 Å². The second-order valence-electron chi connectivity index (χ2n) is 11.7. The molecule has 0 aromatic heterocycles. The zero-order chi connectivity index (χ0) is 28.1. The van der Waals surface area contributed by atoms with Crippen LogP contribution in [0.2, 0.25) is 0 Å². The molecule has 9 aromatic carbocycles. The lowest BCUT2D eigenvalue weighted by Crippen LogP contribution is -1.97. The van der Waals surface area contributed by atoms with Crippen molar-refractivity contribution in [3.05, 3.63) is 146 Å². The molecule has 0 N–H and O–H groups in total. The van der Waals surface area contributed by atoms with Crippen molar-refractivity contribution in [1.82, 2.24) is 0 Å². The maximum atomic E-state index is 6.35. The van der Waals surface area contributed by atoms with Gasteiger partial charge in [-0.25, -0.2) is 0 Å². The molecule has 0 bridgehead atoms. The topological polar surface area (TPSA) is 9.23 Å². The van der Waals surface area contributed by atoms with E-state index in [2.05, 4.69) is 146 Å². The number of rotatable bonds is 2. The summed E-state index contributed by atoms with van der Waals surface area (Å²) in [6.45, 7) is 0. The Bertz CT molecular complexity index is 2570. The van der Waals surface area contributed by atoms with Gasteiger partial charge in [-0.15, -0.1) is 0 Å². The second kappa shape index (κ2) is 8.44. The Labute approximate surface area is 248 Å². The first-order chi connectivity index (χ1) is 21.3. The van der Waals surface area contributed by atoms with Crippen LogP contribution >= 0.6 is 0 Å². The van der Waals surface area contributed by atoms with Gasteiger partial charge >= 0.3 is 0 Å². The van der Waals surface area contributed by atoms with Crippen LogP contribution in [0, 0.1) is 0 Å². The maximum absolute atomic E-state index is 6.35. The maximum Gasteiger partial charge on any atom is 0.135 e. The Morgan fingerprint density at radius 2 is 0.884 bits per heavy atom. The summed E-state index contributed by atoms with van der Waals surface area (Å²) in [4.78, 5) is 0. The third-order valence-electron chi connectivity index (χ3n) is 9.39. The van der Waals surface area contributed by atoms with Gasteiger partial charge in [0.25, 0.3) is 0 Å². The summed E-state index contributed by atoms with van der Waals surface area (Å²) in [5.41, 5.74) is 7.31. The molecule has 0 unspecified atom stereocenters. The van der Waals surface area contributed by atoms with Gasteiger partial charge in [-0.3, -0.25) is 0 Å². The molecule has 0 atom stereocenters. The smallest absolute Gasteiger partial charge is 0.135 e. The molecule has 0 saturated carbocycles. The zero-order valence-corrected chi connectivity index (χ0v) is 23.3. The molecule has 0 radical (unpaired) electrons. The molecule has 0 amide bonds. The van der Waals surface area contributed by atoms with E-state index in [0.29, 0.717) is 0 Å². The normalized spacial score (nSPS) is 12.4. The van der Waals surface area contributed by atoms with E-state index in [4.69, 9.17) is 4.74 Å². The highest BCUT2D eigenvalue weighted by Crippen LogP contribution is 2.48. The first-order valence-corrected chi connectivity index (χ1v) is 14.8. The molecule has 9 aromatic rings. The van der Waals surface area contributed by atoms with Crippen LogP contribution in [-0.2, 0) is 0 Å². The molecule has 1 heteroatoms. The molecule has 1 heterocycles. The van der Waals surface area contributed by atoms with Crippen molar-refractivity contribution in [3.63, 3.8) is 0 Å². The van der Waals surface area contributed by atoms with Gasteiger partial charge in [0.05, 0.1) is 0 Å². The van der Waals surface area contributed by atoms with Gasteiger partial charge in [0.15, 0.2) is 0 Å². The quantitative estimate of drug-likeness (QED) is 0.197. The molecule has 10 rings (SSSR count). The van der Waals surface area contributed by atoms with E-state index in [1.165, 1.54) is 81.7 Å². The minimum atomic E-state index is 0.909. The number of hydrogen-bond donors (Lipinski definition) is 0. The summed E-state index contributed by atoms with van der Waals surface area (Å²) in [5.74, 6) is 1.84.